The van der Waals surface area contributed by atoms with Crippen molar-refractivity contribution < 1.29 is 18.3 Å². The summed E-state index contributed by atoms with van der Waals surface area (Å²) in [4.78, 5) is 28.8. The predicted molar refractivity (Wildman–Crippen MR) is 107 cm³/mol. The van der Waals surface area contributed by atoms with Gasteiger partial charge in [0.25, 0.3) is 11.8 Å². The van der Waals surface area contributed by atoms with Crippen LogP contribution in [0.25, 0.3) is 5.65 Å². The van der Waals surface area contributed by atoms with E-state index in [2.05, 4.69) is 5.10 Å². The summed E-state index contributed by atoms with van der Waals surface area (Å²) in [5.74, 6) is -2.35. The molecule has 0 saturated carbocycles. The summed E-state index contributed by atoms with van der Waals surface area (Å²) in [7, 11) is 1.59. The zero-order valence-corrected chi connectivity index (χ0v) is 17.0. The first-order valence-corrected chi connectivity index (χ1v) is 10.4. The number of aromatic nitrogens is 3. The molecule has 2 aliphatic rings. The third-order valence-corrected chi connectivity index (χ3v) is 6.58. The number of aryl methyl sites for hydroxylation is 1. The molecular weight excluding hydrogens is 416 g/mol. The van der Waals surface area contributed by atoms with E-state index in [-0.39, 0.29) is 37.5 Å². The van der Waals surface area contributed by atoms with E-state index in [4.69, 9.17) is 4.74 Å². The number of ether oxygens (including phenoxy) is 1. The number of fused-ring (bicyclic) bond motifs is 2. The highest BCUT2D eigenvalue weighted by molar-refractivity contribution is 7.18. The molecule has 158 valence electrons. The lowest BCUT2D eigenvalue weighted by Crippen LogP contribution is -2.42. The molecule has 1 fully saturated rings. The summed E-state index contributed by atoms with van der Waals surface area (Å²) in [5, 5.41) is 4.99. The van der Waals surface area contributed by atoms with Crippen molar-refractivity contribution >= 4 is 33.6 Å². The number of hydrogen-bond donors (Lipinski definition) is 0. The van der Waals surface area contributed by atoms with Crippen LogP contribution in [0.4, 0.5) is 19.5 Å². The van der Waals surface area contributed by atoms with Gasteiger partial charge in [-0.1, -0.05) is 0 Å². The van der Waals surface area contributed by atoms with Crippen LogP contribution in [0.1, 0.15) is 22.5 Å². The molecule has 0 unspecified atom stereocenters. The Balaban J connectivity index is 1.45. The maximum Gasteiger partial charge on any atom is 0.350 e. The third kappa shape index (κ3) is 3.13. The average molecular weight is 435 g/mol. The maximum absolute atomic E-state index is 13.4. The zero-order chi connectivity index (χ0) is 21.0. The van der Waals surface area contributed by atoms with Crippen molar-refractivity contribution in [2.75, 3.05) is 31.1 Å². The molecule has 3 aromatic heterocycles. The van der Waals surface area contributed by atoms with Crippen molar-refractivity contribution in [2.45, 2.75) is 18.8 Å². The second-order valence-corrected chi connectivity index (χ2v) is 8.48. The number of nitrogens with zero attached hydrogens (tertiary/aromatic N) is 5. The van der Waals surface area contributed by atoms with E-state index in [9.17, 15) is 18.4 Å². The standard InChI is InChI=1S/C19H19F2N5O3S/c1-23-18(28)26-5-2-12(10-15(26)22-23)25-8-9-29-13-11-14(30-17(13)25)16(27)24-6-3-19(20,21)4-7-24/h2,5,10-11H,3-4,6-9H2,1H3. The molecule has 3 aromatic rings. The minimum absolute atomic E-state index is 0.0457. The lowest BCUT2D eigenvalue weighted by atomic mass is 10.1. The maximum atomic E-state index is 13.4. The number of carbonyl (C=O) groups excluding carboxylic acids is 1. The minimum Gasteiger partial charge on any atom is -0.489 e. The Morgan fingerprint density at radius 3 is 2.77 bits per heavy atom. The first kappa shape index (κ1) is 19.0. The van der Waals surface area contributed by atoms with E-state index in [0.29, 0.717) is 29.4 Å². The van der Waals surface area contributed by atoms with Gasteiger partial charge in [-0.15, -0.1) is 11.3 Å². The Kier molecular flexibility index (Phi) is 4.31. The highest BCUT2D eigenvalue weighted by atomic mass is 32.1. The topological polar surface area (TPSA) is 72.1 Å². The van der Waals surface area contributed by atoms with Gasteiger partial charge in [0.15, 0.2) is 11.4 Å². The Morgan fingerprint density at radius 1 is 1.23 bits per heavy atom. The van der Waals surface area contributed by atoms with Gasteiger partial charge in [-0.3, -0.25) is 9.20 Å². The number of anilines is 2. The van der Waals surface area contributed by atoms with E-state index in [1.54, 1.807) is 19.3 Å². The van der Waals surface area contributed by atoms with Crippen LogP contribution in [0.15, 0.2) is 29.2 Å². The number of likely N-dealkylation sites (tertiary alicyclic amines) is 1. The van der Waals surface area contributed by atoms with Gasteiger partial charge in [0, 0.05) is 57.0 Å². The number of alkyl halides is 2. The van der Waals surface area contributed by atoms with Crippen molar-refractivity contribution in [3.8, 4) is 5.75 Å². The molecule has 0 atom stereocenters. The number of thiophene rings is 1. The van der Waals surface area contributed by atoms with Gasteiger partial charge < -0.3 is 14.5 Å². The van der Waals surface area contributed by atoms with Crippen molar-refractivity contribution in [1.29, 1.82) is 0 Å². The van der Waals surface area contributed by atoms with Gasteiger partial charge in [0.05, 0.1) is 11.4 Å². The Bertz CT molecular complexity index is 1190. The average Bonchev–Trinajstić information content (AvgIpc) is 3.28. The molecule has 30 heavy (non-hydrogen) atoms. The van der Waals surface area contributed by atoms with E-state index in [1.165, 1.54) is 25.3 Å². The third-order valence-electron chi connectivity index (χ3n) is 5.46. The summed E-state index contributed by atoms with van der Waals surface area (Å²) in [6.07, 6.45) is 1.05. The number of rotatable bonds is 2. The van der Waals surface area contributed by atoms with Gasteiger partial charge >= 0.3 is 5.69 Å². The van der Waals surface area contributed by atoms with Gasteiger partial charge in [-0.2, -0.15) is 5.10 Å². The summed E-state index contributed by atoms with van der Waals surface area (Å²) >= 11 is 1.28. The minimum atomic E-state index is -2.70. The van der Waals surface area contributed by atoms with Crippen LogP contribution in [0.3, 0.4) is 0 Å². The van der Waals surface area contributed by atoms with Crippen LogP contribution in [-0.2, 0) is 7.05 Å². The summed E-state index contributed by atoms with van der Waals surface area (Å²) in [6, 6.07) is 5.31. The quantitative estimate of drug-likeness (QED) is 0.619. The Hall–Kier alpha value is -2.95. The van der Waals surface area contributed by atoms with E-state index < -0.39 is 5.92 Å². The van der Waals surface area contributed by atoms with Crippen LogP contribution in [0.5, 0.6) is 5.75 Å². The van der Waals surface area contributed by atoms with E-state index in [1.807, 2.05) is 17.0 Å². The van der Waals surface area contributed by atoms with Crippen LogP contribution in [0.2, 0.25) is 0 Å². The second kappa shape index (κ2) is 6.79. The number of hydrogen-bond acceptors (Lipinski definition) is 6. The SMILES string of the molecule is Cn1nc2cc(N3CCOc4cc(C(=O)N5CCC(F)(F)CC5)sc43)ccn2c1=O. The first-order valence-electron chi connectivity index (χ1n) is 9.59. The molecule has 0 radical (unpaired) electrons. The molecule has 8 nitrogen and oxygen atoms in total. The molecule has 1 amide bonds. The van der Waals surface area contributed by atoms with Gasteiger partial charge in [0.1, 0.15) is 11.6 Å². The molecule has 1 saturated heterocycles. The van der Waals surface area contributed by atoms with E-state index >= 15 is 0 Å². The highest BCUT2D eigenvalue weighted by Crippen LogP contribution is 2.44. The number of halogens is 2. The lowest BCUT2D eigenvalue weighted by Gasteiger charge is -2.31. The molecule has 0 bridgehead atoms. The van der Waals surface area contributed by atoms with Gasteiger partial charge in [-0.05, 0) is 6.07 Å². The number of pyridine rings is 1. The van der Waals surface area contributed by atoms with Gasteiger partial charge in [-0.25, -0.2) is 18.3 Å². The monoisotopic (exact) mass is 435 g/mol. The zero-order valence-electron chi connectivity index (χ0n) is 16.2. The summed E-state index contributed by atoms with van der Waals surface area (Å²) in [6.45, 7) is 1.10. The Labute approximate surface area is 173 Å². The summed E-state index contributed by atoms with van der Waals surface area (Å²) < 4.78 is 35.3. The molecule has 0 aromatic carbocycles. The van der Waals surface area contributed by atoms with Crippen LogP contribution >= 0.6 is 11.3 Å². The number of amides is 1. The van der Waals surface area contributed by atoms with Crippen molar-refractivity contribution in [2.24, 2.45) is 7.05 Å². The smallest absolute Gasteiger partial charge is 0.350 e. The number of carbonyl (C=O) groups is 1. The normalized spacial score (nSPS) is 18.4. The fourth-order valence-electron chi connectivity index (χ4n) is 3.79. The molecular formula is C19H19F2N5O3S. The molecule has 5 rings (SSSR count). The highest BCUT2D eigenvalue weighted by Gasteiger charge is 2.36. The molecule has 5 heterocycles. The van der Waals surface area contributed by atoms with Crippen LogP contribution < -0.4 is 15.3 Å². The number of piperidine rings is 1. The first-order chi connectivity index (χ1) is 14.3. The van der Waals surface area contributed by atoms with Crippen molar-refractivity contribution in [1.82, 2.24) is 19.1 Å². The fraction of sp³-hybridized carbons (Fsp3) is 0.421. The van der Waals surface area contributed by atoms with Crippen molar-refractivity contribution in [3.63, 3.8) is 0 Å². The fourth-order valence-corrected chi connectivity index (χ4v) is 4.90. The van der Waals surface area contributed by atoms with Gasteiger partial charge in [0.2, 0.25) is 0 Å². The Morgan fingerprint density at radius 2 is 2.00 bits per heavy atom. The van der Waals surface area contributed by atoms with Crippen LogP contribution in [0, 0.1) is 0 Å². The molecule has 11 heteroatoms. The lowest BCUT2D eigenvalue weighted by molar-refractivity contribution is -0.0493. The molecule has 0 N–H and O–H groups in total. The largest absolute Gasteiger partial charge is 0.489 e. The van der Waals surface area contributed by atoms with E-state index in [0.717, 1.165) is 10.7 Å². The second-order valence-electron chi connectivity index (χ2n) is 7.45. The molecule has 0 aliphatic carbocycles. The van der Waals surface area contributed by atoms with Crippen molar-refractivity contribution in [3.05, 3.63) is 39.8 Å². The predicted octanol–water partition coefficient (Wildman–Crippen LogP) is 2.50. The summed E-state index contributed by atoms with van der Waals surface area (Å²) in [5.41, 5.74) is 1.13. The van der Waals surface area contributed by atoms with Crippen LogP contribution in [-0.4, -0.2) is 57.2 Å². The molecule has 2 aliphatic heterocycles. The molecule has 0 spiro atoms.